The van der Waals surface area contributed by atoms with Crippen molar-refractivity contribution in [1.82, 2.24) is 0 Å². The van der Waals surface area contributed by atoms with Crippen LogP contribution in [0.5, 0.6) is 11.5 Å². The quantitative estimate of drug-likeness (QED) is 0.747. The summed E-state index contributed by atoms with van der Waals surface area (Å²) in [5, 5.41) is 8.99. The van der Waals surface area contributed by atoms with Gasteiger partial charge in [-0.2, -0.15) is 0 Å². The molecular formula is C10H14O2. The Morgan fingerprint density at radius 1 is 1.33 bits per heavy atom. The zero-order chi connectivity index (χ0) is 8.97. The first-order valence-corrected chi connectivity index (χ1v) is 4.18. The number of aromatic hydroxyl groups is 1. The van der Waals surface area contributed by atoms with E-state index in [1.54, 1.807) is 24.3 Å². The first-order chi connectivity index (χ1) is 5.72. The lowest BCUT2D eigenvalue weighted by Gasteiger charge is -2.11. The van der Waals surface area contributed by atoms with Crippen molar-refractivity contribution in [2.45, 2.75) is 26.4 Å². The normalized spacial score (nSPS) is 12.5. The van der Waals surface area contributed by atoms with E-state index in [0.29, 0.717) is 0 Å². The number of rotatable bonds is 3. The number of benzene rings is 1. The molecule has 0 bridgehead atoms. The fourth-order valence-electron chi connectivity index (χ4n) is 0.840. The fourth-order valence-corrected chi connectivity index (χ4v) is 0.840. The third kappa shape index (κ3) is 2.46. The van der Waals surface area contributed by atoms with Gasteiger partial charge in [0.1, 0.15) is 11.5 Å². The molecule has 0 unspecified atom stereocenters. The number of phenols is 1. The van der Waals surface area contributed by atoms with Crippen LogP contribution in [0.1, 0.15) is 20.3 Å². The molecule has 1 rings (SSSR count). The number of hydrogen-bond acceptors (Lipinski definition) is 2. The monoisotopic (exact) mass is 166 g/mol. The predicted molar refractivity (Wildman–Crippen MR) is 48.5 cm³/mol. The van der Waals surface area contributed by atoms with Crippen molar-refractivity contribution in [3.05, 3.63) is 24.3 Å². The molecule has 0 fully saturated rings. The Labute approximate surface area is 72.8 Å². The molecule has 1 N–H and O–H groups in total. The lowest BCUT2D eigenvalue weighted by atomic mass is 10.3. The first-order valence-electron chi connectivity index (χ1n) is 4.18. The van der Waals surface area contributed by atoms with Gasteiger partial charge >= 0.3 is 0 Å². The minimum atomic E-state index is 0.231. The van der Waals surface area contributed by atoms with Crippen molar-refractivity contribution >= 4 is 0 Å². The van der Waals surface area contributed by atoms with Crippen molar-refractivity contribution in [1.29, 1.82) is 0 Å². The Morgan fingerprint density at radius 2 is 1.92 bits per heavy atom. The van der Waals surface area contributed by atoms with Crippen LogP contribution in [-0.2, 0) is 0 Å². The molecule has 0 aliphatic rings. The van der Waals surface area contributed by atoms with Gasteiger partial charge in [-0.15, -0.1) is 0 Å². The third-order valence-electron chi connectivity index (χ3n) is 1.75. The van der Waals surface area contributed by atoms with E-state index in [9.17, 15) is 0 Å². The Morgan fingerprint density at radius 3 is 2.42 bits per heavy atom. The largest absolute Gasteiger partial charge is 0.508 e. The van der Waals surface area contributed by atoms with Gasteiger partial charge in [0.2, 0.25) is 0 Å². The van der Waals surface area contributed by atoms with Crippen LogP contribution in [0.2, 0.25) is 0 Å². The molecule has 1 aromatic carbocycles. The summed E-state index contributed by atoms with van der Waals surface area (Å²) in [5.41, 5.74) is 0. The van der Waals surface area contributed by atoms with Crippen LogP contribution in [0, 0.1) is 0 Å². The van der Waals surface area contributed by atoms with Crippen LogP contribution in [0.3, 0.4) is 0 Å². The van der Waals surface area contributed by atoms with Crippen LogP contribution in [0.15, 0.2) is 24.3 Å². The highest BCUT2D eigenvalue weighted by Gasteiger charge is 1.99. The summed E-state index contributed by atoms with van der Waals surface area (Å²) in [7, 11) is 0. The molecule has 0 aliphatic heterocycles. The summed E-state index contributed by atoms with van der Waals surface area (Å²) in [6, 6.07) is 6.78. The van der Waals surface area contributed by atoms with E-state index in [1.165, 1.54) is 0 Å². The molecule has 2 nitrogen and oxygen atoms in total. The number of ether oxygens (including phenoxy) is 1. The van der Waals surface area contributed by atoms with E-state index in [2.05, 4.69) is 6.92 Å². The average molecular weight is 166 g/mol. The molecule has 0 aliphatic carbocycles. The Bertz CT molecular complexity index is 228. The average Bonchev–Trinajstić information content (AvgIpc) is 2.09. The highest BCUT2D eigenvalue weighted by molar-refractivity contribution is 5.30. The van der Waals surface area contributed by atoms with Gasteiger partial charge in [-0.05, 0) is 37.6 Å². The molecule has 12 heavy (non-hydrogen) atoms. The van der Waals surface area contributed by atoms with E-state index < -0.39 is 0 Å². The molecular weight excluding hydrogens is 152 g/mol. The minimum absolute atomic E-state index is 0.231. The van der Waals surface area contributed by atoms with Crippen molar-refractivity contribution in [2.75, 3.05) is 0 Å². The summed E-state index contributed by atoms with van der Waals surface area (Å²) in [4.78, 5) is 0. The van der Waals surface area contributed by atoms with Gasteiger partial charge < -0.3 is 9.84 Å². The lowest BCUT2D eigenvalue weighted by molar-refractivity contribution is 0.217. The van der Waals surface area contributed by atoms with Crippen LogP contribution in [-0.4, -0.2) is 11.2 Å². The maximum atomic E-state index is 8.99. The summed E-state index contributed by atoms with van der Waals surface area (Å²) < 4.78 is 5.51. The topological polar surface area (TPSA) is 29.5 Å². The van der Waals surface area contributed by atoms with Crippen LogP contribution in [0.4, 0.5) is 0 Å². The molecule has 0 saturated carbocycles. The van der Waals surface area contributed by atoms with Crippen molar-refractivity contribution in [2.24, 2.45) is 0 Å². The molecule has 0 aromatic heterocycles. The molecule has 1 aromatic rings. The molecule has 66 valence electrons. The fraction of sp³-hybridized carbons (Fsp3) is 0.400. The van der Waals surface area contributed by atoms with E-state index >= 15 is 0 Å². The van der Waals surface area contributed by atoms with Gasteiger partial charge in [0, 0.05) is 0 Å². The maximum absolute atomic E-state index is 8.99. The summed E-state index contributed by atoms with van der Waals surface area (Å²) in [6.45, 7) is 4.10. The Hall–Kier alpha value is -1.18. The van der Waals surface area contributed by atoms with Gasteiger partial charge in [0.25, 0.3) is 0 Å². The minimum Gasteiger partial charge on any atom is -0.508 e. The van der Waals surface area contributed by atoms with Crippen molar-refractivity contribution in [3.8, 4) is 11.5 Å². The van der Waals surface area contributed by atoms with Gasteiger partial charge in [-0.3, -0.25) is 0 Å². The Kier molecular flexibility index (Phi) is 2.97. The lowest BCUT2D eigenvalue weighted by Crippen LogP contribution is -2.09. The van der Waals surface area contributed by atoms with Gasteiger partial charge in [0.15, 0.2) is 0 Å². The second-order valence-electron chi connectivity index (χ2n) is 2.83. The Balaban J connectivity index is 2.58. The second-order valence-corrected chi connectivity index (χ2v) is 2.83. The van der Waals surface area contributed by atoms with E-state index in [0.717, 1.165) is 12.2 Å². The smallest absolute Gasteiger partial charge is 0.119 e. The van der Waals surface area contributed by atoms with Crippen LogP contribution >= 0.6 is 0 Å². The van der Waals surface area contributed by atoms with E-state index in [4.69, 9.17) is 9.84 Å². The van der Waals surface area contributed by atoms with Gasteiger partial charge in [-0.25, -0.2) is 0 Å². The van der Waals surface area contributed by atoms with E-state index in [1.807, 2.05) is 6.92 Å². The molecule has 0 amide bonds. The molecule has 1 atom stereocenters. The zero-order valence-corrected chi connectivity index (χ0v) is 7.45. The van der Waals surface area contributed by atoms with Crippen molar-refractivity contribution < 1.29 is 9.84 Å². The predicted octanol–water partition coefficient (Wildman–Crippen LogP) is 2.57. The third-order valence-corrected chi connectivity index (χ3v) is 1.75. The molecule has 0 saturated heterocycles. The molecule has 2 heteroatoms. The maximum Gasteiger partial charge on any atom is 0.119 e. The highest BCUT2D eigenvalue weighted by atomic mass is 16.5. The van der Waals surface area contributed by atoms with Crippen molar-refractivity contribution in [3.63, 3.8) is 0 Å². The molecule has 0 heterocycles. The van der Waals surface area contributed by atoms with E-state index in [-0.39, 0.29) is 11.9 Å². The second kappa shape index (κ2) is 4.00. The van der Waals surface area contributed by atoms with Gasteiger partial charge in [0.05, 0.1) is 6.10 Å². The standard InChI is InChI=1S/C10H14O2/c1-3-8(2)12-10-6-4-9(11)5-7-10/h4-8,11H,3H2,1-2H3/t8-/m1/s1. The summed E-state index contributed by atoms with van der Waals surface area (Å²) in [6.07, 6.45) is 1.22. The summed E-state index contributed by atoms with van der Waals surface area (Å²) in [5.74, 6) is 1.08. The number of hydrogen-bond donors (Lipinski definition) is 1. The zero-order valence-electron chi connectivity index (χ0n) is 7.45. The highest BCUT2D eigenvalue weighted by Crippen LogP contribution is 2.17. The van der Waals surface area contributed by atoms with Crippen LogP contribution in [0.25, 0.3) is 0 Å². The van der Waals surface area contributed by atoms with Crippen LogP contribution < -0.4 is 4.74 Å². The number of phenolic OH excluding ortho intramolecular Hbond substituents is 1. The molecule has 0 spiro atoms. The SMILES string of the molecule is CC[C@@H](C)Oc1ccc(O)cc1. The van der Waals surface area contributed by atoms with Gasteiger partial charge in [-0.1, -0.05) is 6.92 Å². The molecule has 0 radical (unpaired) electrons. The summed E-state index contributed by atoms with van der Waals surface area (Å²) >= 11 is 0. The first kappa shape index (κ1) is 8.91.